The van der Waals surface area contributed by atoms with E-state index in [4.69, 9.17) is 0 Å². The fourth-order valence-corrected chi connectivity index (χ4v) is 2.06. The fourth-order valence-electron chi connectivity index (χ4n) is 2.06. The maximum Gasteiger partial charge on any atom is 0.0223 e. The third kappa shape index (κ3) is 2.59. The smallest absolute Gasteiger partial charge is 0.0223 e. The topological polar surface area (TPSA) is 31.1 Å². The van der Waals surface area contributed by atoms with Crippen molar-refractivity contribution in [1.29, 1.82) is 0 Å². The van der Waals surface area contributed by atoms with Crippen LogP contribution >= 0.6 is 0 Å². The van der Waals surface area contributed by atoms with E-state index < -0.39 is 0 Å². The molecule has 0 radical (unpaired) electrons. The zero-order valence-electron chi connectivity index (χ0n) is 8.79. The molecule has 0 amide bonds. The number of nitrogens with zero attached hydrogens (tertiary/aromatic N) is 1. The quantitative estimate of drug-likeness (QED) is 0.755. The molecule has 3 heteroatoms. The van der Waals surface area contributed by atoms with E-state index in [9.17, 15) is 0 Å². The van der Waals surface area contributed by atoms with Gasteiger partial charge in [0.15, 0.2) is 0 Å². The van der Waals surface area contributed by atoms with Crippen LogP contribution in [0.1, 0.15) is 18.4 Å². The third-order valence-corrected chi connectivity index (χ3v) is 2.88. The molecule has 1 unspecified atom stereocenters. The van der Waals surface area contributed by atoms with Crippen LogP contribution in [-0.4, -0.2) is 36.1 Å². The normalized spacial score (nSPS) is 23.9. The molecule has 1 aliphatic heterocycles. The van der Waals surface area contributed by atoms with E-state index in [1.54, 1.807) is 0 Å². The van der Waals surface area contributed by atoms with Crippen molar-refractivity contribution in [3.63, 3.8) is 0 Å². The summed E-state index contributed by atoms with van der Waals surface area (Å²) in [7, 11) is 2.20. The average Bonchev–Trinajstić information content (AvgIpc) is 2.67. The van der Waals surface area contributed by atoms with Gasteiger partial charge in [-0.2, -0.15) is 0 Å². The largest absolute Gasteiger partial charge is 0.367 e. The van der Waals surface area contributed by atoms with Gasteiger partial charge in [-0.25, -0.2) is 0 Å². The molecule has 1 fully saturated rings. The number of nitrogens with one attached hydrogen (secondary N) is 2. The first-order chi connectivity index (χ1) is 6.84. The van der Waals surface area contributed by atoms with E-state index in [0.29, 0.717) is 6.04 Å². The van der Waals surface area contributed by atoms with Gasteiger partial charge in [0.05, 0.1) is 0 Å². The van der Waals surface area contributed by atoms with E-state index in [1.165, 1.54) is 31.5 Å². The molecule has 0 aliphatic carbocycles. The van der Waals surface area contributed by atoms with Crippen molar-refractivity contribution in [3.8, 4) is 0 Å². The second kappa shape index (κ2) is 4.62. The molecule has 14 heavy (non-hydrogen) atoms. The summed E-state index contributed by atoms with van der Waals surface area (Å²) in [5, 5.41) is 3.59. The summed E-state index contributed by atoms with van der Waals surface area (Å²) in [6, 6.07) is 2.79. The van der Waals surface area contributed by atoms with Gasteiger partial charge >= 0.3 is 0 Å². The summed E-state index contributed by atoms with van der Waals surface area (Å²) in [5.41, 5.74) is 1.35. The van der Waals surface area contributed by atoms with Crippen LogP contribution in [0.3, 0.4) is 0 Å². The molecule has 2 heterocycles. The first kappa shape index (κ1) is 9.74. The third-order valence-electron chi connectivity index (χ3n) is 2.88. The average molecular weight is 193 g/mol. The van der Waals surface area contributed by atoms with Gasteiger partial charge in [-0.15, -0.1) is 0 Å². The first-order valence-electron chi connectivity index (χ1n) is 5.38. The van der Waals surface area contributed by atoms with Crippen molar-refractivity contribution in [1.82, 2.24) is 15.2 Å². The molecule has 3 nitrogen and oxygen atoms in total. The van der Waals surface area contributed by atoms with Gasteiger partial charge in [0.25, 0.3) is 0 Å². The standard InChI is InChI=1S/C11H19N3/c1-14-6-2-3-11(9-14)13-8-10-4-5-12-7-10/h4-5,7,11-13H,2-3,6,8-9H2,1H3. The fraction of sp³-hybridized carbons (Fsp3) is 0.636. The molecule has 2 rings (SSSR count). The summed E-state index contributed by atoms with van der Waals surface area (Å²) in [6.45, 7) is 3.43. The Morgan fingerprint density at radius 3 is 3.29 bits per heavy atom. The van der Waals surface area contributed by atoms with Crippen LogP contribution in [0, 0.1) is 0 Å². The van der Waals surface area contributed by atoms with E-state index in [-0.39, 0.29) is 0 Å². The molecule has 0 bridgehead atoms. The van der Waals surface area contributed by atoms with Gasteiger partial charge in [0, 0.05) is 31.5 Å². The van der Waals surface area contributed by atoms with Gasteiger partial charge in [-0.05, 0) is 38.1 Å². The molecule has 0 aromatic carbocycles. The Morgan fingerprint density at radius 1 is 1.64 bits per heavy atom. The van der Waals surface area contributed by atoms with Crippen molar-refractivity contribution in [2.75, 3.05) is 20.1 Å². The number of rotatable bonds is 3. The summed E-state index contributed by atoms with van der Waals surface area (Å²) in [4.78, 5) is 5.48. The monoisotopic (exact) mass is 193 g/mol. The molecule has 1 saturated heterocycles. The van der Waals surface area contributed by atoms with Gasteiger partial charge < -0.3 is 15.2 Å². The highest BCUT2D eigenvalue weighted by atomic mass is 15.1. The van der Waals surface area contributed by atoms with Crippen LogP contribution in [0.25, 0.3) is 0 Å². The lowest BCUT2D eigenvalue weighted by atomic mass is 10.1. The van der Waals surface area contributed by atoms with E-state index in [1.807, 2.05) is 6.20 Å². The molecule has 1 aromatic rings. The maximum atomic E-state index is 3.59. The van der Waals surface area contributed by atoms with E-state index in [2.05, 4.69) is 34.5 Å². The van der Waals surface area contributed by atoms with Gasteiger partial charge in [0.1, 0.15) is 0 Å². The molecule has 1 aliphatic rings. The van der Waals surface area contributed by atoms with Crippen LogP contribution in [-0.2, 0) is 6.54 Å². The molecule has 1 atom stereocenters. The summed E-state index contributed by atoms with van der Waals surface area (Å²) >= 11 is 0. The van der Waals surface area contributed by atoms with Gasteiger partial charge in [0.2, 0.25) is 0 Å². The lowest BCUT2D eigenvalue weighted by molar-refractivity contribution is 0.226. The summed E-state index contributed by atoms with van der Waals surface area (Å²) < 4.78 is 0. The number of likely N-dealkylation sites (N-methyl/N-ethyl adjacent to an activating group) is 1. The Kier molecular flexibility index (Phi) is 3.22. The number of aromatic amines is 1. The zero-order chi connectivity index (χ0) is 9.80. The Hall–Kier alpha value is -0.800. The van der Waals surface area contributed by atoms with Gasteiger partial charge in [-0.3, -0.25) is 0 Å². The first-order valence-corrected chi connectivity index (χ1v) is 5.38. The zero-order valence-corrected chi connectivity index (χ0v) is 8.79. The highest BCUT2D eigenvalue weighted by Crippen LogP contribution is 2.08. The van der Waals surface area contributed by atoms with Crippen molar-refractivity contribution < 1.29 is 0 Å². The number of hydrogen-bond acceptors (Lipinski definition) is 2. The predicted octanol–water partition coefficient (Wildman–Crippen LogP) is 1.20. The van der Waals surface area contributed by atoms with Crippen LogP contribution in [0.5, 0.6) is 0 Å². The molecule has 78 valence electrons. The van der Waals surface area contributed by atoms with Crippen molar-refractivity contribution in [2.45, 2.75) is 25.4 Å². The Balaban J connectivity index is 1.75. The molecule has 2 N–H and O–H groups in total. The van der Waals surface area contributed by atoms with Crippen molar-refractivity contribution in [3.05, 3.63) is 24.0 Å². The Labute approximate surface area is 85.5 Å². The number of aromatic nitrogens is 1. The van der Waals surface area contributed by atoms with Crippen LogP contribution < -0.4 is 5.32 Å². The maximum absolute atomic E-state index is 3.59. The van der Waals surface area contributed by atoms with Crippen LogP contribution in [0.15, 0.2) is 18.5 Å². The Morgan fingerprint density at radius 2 is 2.57 bits per heavy atom. The van der Waals surface area contributed by atoms with Crippen LogP contribution in [0.4, 0.5) is 0 Å². The highest BCUT2D eigenvalue weighted by Gasteiger charge is 2.15. The molecular weight excluding hydrogens is 174 g/mol. The summed E-state index contributed by atoms with van der Waals surface area (Å²) in [5.74, 6) is 0. The Bertz CT molecular complexity index is 256. The van der Waals surface area contributed by atoms with E-state index >= 15 is 0 Å². The minimum absolute atomic E-state index is 0.670. The van der Waals surface area contributed by atoms with Crippen molar-refractivity contribution in [2.24, 2.45) is 0 Å². The molecule has 0 spiro atoms. The SMILES string of the molecule is CN1CCCC(NCc2cc[nH]c2)C1. The second-order valence-electron chi connectivity index (χ2n) is 4.20. The number of H-pyrrole nitrogens is 1. The minimum Gasteiger partial charge on any atom is -0.367 e. The molecule has 1 aromatic heterocycles. The van der Waals surface area contributed by atoms with Crippen LogP contribution in [0.2, 0.25) is 0 Å². The molecular formula is C11H19N3. The number of likely N-dealkylation sites (tertiary alicyclic amines) is 1. The lowest BCUT2D eigenvalue weighted by Gasteiger charge is -2.30. The second-order valence-corrected chi connectivity index (χ2v) is 4.20. The number of hydrogen-bond donors (Lipinski definition) is 2. The summed E-state index contributed by atoms with van der Waals surface area (Å²) in [6.07, 6.45) is 6.67. The highest BCUT2D eigenvalue weighted by molar-refractivity contribution is 5.07. The minimum atomic E-state index is 0.670. The predicted molar refractivity (Wildman–Crippen MR) is 58.2 cm³/mol. The molecule has 0 saturated carbocycles. The number of piperidine rings is 1. The van der Waals surface area contributed by atoms with Gasteiger partial charge in [-0.1, -0.05) is 0 Å². The van der Waals surface area contributed by atoms with E-state index in [0.717, 1.165) is 6.54 Å². The lowest BCUT2D eigenvalue weighted by Crippen LogP contribution is -2.43. The van der Waals surface area contributed by atoms with Crippen molar-refractivity contribution >= 4 is 0 Å².